The van der Waals surface area contributed by atoms with Crippen molar-refractivity contribution in [1.29, 1.82) is 0 Å². The molecule has 230 valence electrons. The van der Waals surface area contributed by atoms with Gasteiger partial charge in [0, 0.05) is 37.7 Å². The molecule has 1 saturated heterocycles. The summed E-state index contributed by atoms with van der Waals surface area (Å²) >= 11 is 0.983. The summed E-state index contributed by atoms with van der Waals surface area (Å²) in [5, 5.41) is 28.6. The number of aliphatic carboxylic acids is 1. The van der Waals surface area contributed by atoms with Crippen molar-refractivity contribution < 1.29 is 41.8 Å². The number of rotatable bonds is 15. The SMILES string of the molecule is C[N+](C)(C)CCCNCc1cnn(C[C@@H]2[C@H](NC(=O)C(=NOC3(C(=O)O)CC3)c3csc(N)n3)C(=O)N2S(=O)(=O)O)n1. The van der Waals surface area contributed by atoms with E-state index in [-0.39, 0.29) is 34.5 Å². The van der Waals surface area contributed by atoms with E-state index in [1.54, 1.807) is 0 Å². The number of carboxylic acids is 1. The minimum absolute atomic E-state index is 0.0431. The van der Waals surface area contributed by atoms with Crippen molar-refractivity contribution in [1.82, 2.24) is 34.9 Å². The van der Waals surface area contributed by atoms with E-state index >= 15 is 0 Å². The van der Waals surface area contributed by atoms with Crippen LogP contribution in [0, 0.1) is 0 Å². The molecule has 1 saturated carbocycles. The predicted molar refractivity (Wildman–Crippen MR) is 147 cm³/mol. The van der Waals surface area contributed by atoms with Gasteiger partial charge in [0.1, 0.15) is 17.8 Å². The maximum Gasteiger partial charge on any atom is 0.362 e. The number of nitrogens with zero attached hydrogens (tertiary/aromatic N) is 7. The molecule has 0 radical (unpaired) electrons. The average Bonchev–Trinajstić information content (AvgIpc) is 3.35. The molecule has 6 N–H and O–H groups in total. The monoisotopic (exact) mass is 629 g/mol. The van der Waals surface area contributed by atoms with Crippen molar-refractivity contribution in [3.05, 3.63) is 23.0 Å². The van der Waals surface area contributed by atoms with Crippen molar-refractivity contribution in [2.75, 3.05) is 40.0 Å². The molecule has 42 heavy (non-hydrogen) atoms. The number of carboxylic acid groups (broad SMARTS) is 1. The summed E-state index contributed by atoms with van der Waals surface area (Å²) in [5.74, 6) is -3.37. The molecule has 0 unspecified atom stereocenters. The molecule has 2 aromatic rings. The van der Waals surface area contributed by atoms with E-state index in [4.69, 9.17) is 10.6 Å². The van der Waals surface area contributed by atoms with Crippen LogP contribution in [0.15, 0.2) is 16.7 Å². The summed E-state index contributed by atoms with van der Waals surface area (Å²) < 4.78 is 34.6. The van der Waals surface area contributed by atoms with Gasteiger partial charge in [-0.25, -0.2) is 14.1 Å². The number of anilines is 1. The van der Waals surface area contributed by atoms with Crippen LogP contribution in [-0.4, -0.2) is 122 Å². The van der Waals surface area contributed by atoms with Crippen molar-refractivity contribution in [3.8, 4) is 0 Å². The first-order valence-corrected chi connectivity index (χ1v) is 15.1. The first-order chi connectivity index (χ1) is 19.6. The van der Waals surface area contributed by atoms with Gasteiger partial charge in [0.2, 0.25) is 5.60 Å². The summed E-state index contributed by atoms with van der Waals surface area (Å²) in [6.45, 7) is 1.84. The molecule has 0 bridgehead atoms. The lowest BCUT2D eigenvalue weighted by Crippen LogP contribution is -2.73. The Hall–Kier alpha value is -3.72. The highest BCUT2D eigenvalue weighted by molar-refractivity contribution is 7.84. The predicted octanol–water partition coefficient (Wildman–Crippen LogP) is -1.96. The van der Waals surface area contributed by atoms with Crippen molar-refractivity contribution in [3.63, 3.8) is 0 Å². The molecule has 2 aliphatic rings. The fourth-order valence-corrected chi connectivity index (χ4v) is 5.53. The Labute approximate surface area is 245 Å². The topological polar surface area (TPSA) is 244 Å². The Morgan fingerprint density at radius 2 is 2.05 bits per heavy atom. The van der Waals surface area contributed by atoms with E-state index in [0.29, 0.717) is 12.2 Å². The second-order valence-corrected chi connectivity index (χ2v) is 13.1. The molecule has 3 heterocycles. The lowest BCUT2D eigenvalue weighted by atomic mass is 9.98. The van der Waals surface area contributed by atoms with Crippen LogP contribution in [0.2, 0.25) is 0 Å². The summed E-state index contributed by atoms with van der Waals surface area (Å²) in [6.07, 6.45) is 2.77. The smallest absolute Gasteiger partial charge is 0.362 e. The Balaban J connectivity index is 1.46. The molecular weight excluding hydrogens is 596 g/mol. The summed E-state index contributed by atoms with van der Waals surface area (Å²) in [6, 6.07) is -2.72. The number of carbonyl (C=O) groups excluding carboxylic acids is 2. The fraction of sp³-hybridized carbons (Fsp3) is 0.591. The van der Waals surface area contributed by atoms with Crippen molar-refractivity contribution in [2.24, 2.45) is 5.16 Å². The molecule has 18 nitrogen and oxygen atoms in total. The number of hydrogen-bond donors (Lipinski definition) is 5. The third-order valence-corrected chi connectivity index (χ3v) is 8.13. The second-order valence-electron chi connectivity index (χ2n) is 11.0. The lowest BCUT2D eigenvalue weighted by molar-refractivity contribution is -0.870. The van der Waals surface area contributed by atoms with E-state index in [9.17, 15) is 32.5 Å². The van der Waals surface area contributed by atoms with Crippen molar-refractivity contribution >= 4 is 50.3 Å². The van der Waals surface area contributed by atoms with Crippen LogP contribution in [-0.2, 0) is 42.6 Å². The number of aromatic nitrogens is 4. The number of carbonyl (C=O) groups is 3. The zero-order valence-corrected chi connectivity index (χ0v) is 24.8. The number of nitrogens with one attached hydrogen (secondary N) is 2. The highest BCUT2D eigenvalue weighted by Gasteiger charge is 2.56. The molecular formula is C22H33N10O8S2+. The minimum Gasteiger partial charge on any atom is -0.478 e. The molecule has 2 amide bonds. The Kier molecular flexibility index (Phi) is 8.83. The number of β-lactam (4-membered cyclic amide) rings is 1. The largest absolute Gasteiger partial charge is 0.478 e. The van der Waals surface area contributed by atoms with Gasteiger partial charge in [-0.15, -0.1) is 11.3 Å². The van der Waals surface area contributed by atoms with Crippen LogP contribution in [0.4, 0.5) is 5.13 Å². The molecule has 4 rings (SSSR count). The zero-order chi connectivity index (χ0) is 30.9. The van der Waals surface area contributed by atoms with Crippen LogP contribution in [0.1, 0.15) is 30.7 Å². The molecule has 2 atom stereocenters. The first-order valence-electron chi connectivity index (χ1n) is 12.8. The van der Waals surface area contributed by atoms with E-state index in [2.05, 4.69) is 52.1 Å². The molecule has 2 aromatic heterocycles. The summed E-state index contributed by atoms with van der Waals surface area (Å²) in [4.78, 5) is 47.7. The highest BCUT2D eigenvalue weighted by atomic mass is 32.2. The number of thiazole rings is 1. The van der Waals surface area contributed by atoms with Gasteiger partial charge in [0.15, 0.2) is 10.8 Å². The quantitative estimate of drug-likeness (QED) is 0.0359. The number of nitrogens with two attached hydrogens (primary N) is 1. The van der Waals surface area contributed by atoms with E-state index in [1.807, 2.05) is 0 Å². The number of nitrogen functional groups attached to an aromatic ring is 1. The molecule has 2 fully saturated rings. The van der Waals surface area contributed by atoms with Crippen LogP contribution >= 0.6 is 11.3 Å². The molecule has 1 aliphatic heterocycles. The Morgan fingerprint density at radius 1 is 1.33 bits per heavy atom. The van der Waals surface area contributed by atoms with Crippen LogP contribution < -0.4 is 16.4 Å². The van der Waals surface area contributed by atoms with Crippen LogP contribution in [0.25, 0.3) is 0 Å². The maximum atomic E-state index is 13.2. The minimum atomic E-state index is -4.98. The van der Waals surface area contributed by atoms with E-state index in [1.165, 1.54) is 11.6 Å². The second kappa shape index (κ2) is 11.9. The molecule has 0 spiro atoms. The third kappa shape index (κ3) is 7.37. The van der Waals surface area contributed by atoms with Crippen molar-refractivity contribution in [2.45, 2.75) is 50.0 Å². The number of quaternary nitrogens is 1. The summed E-state index contributed by atoms with van der Waals surface area (Å²) in [5.41, 5.74) is 4.14. The first kappa shape index (κ1) is 31.2. The number of amides is 2. The van der Waals surface area contributed by atoms with Gasteiger partial charge in [-0.05, 0) is 0 Å². The standard InChI is InChI=1S/C22H32N10O8S2/c1-32(2,3)8-4-7-24-9-13-10-25-30(28-13)11-15-17(19(34)31(15)42(37,38)39)27-18(33)16(14-12-41-21(23)26-14)29-40-22(5-6-22)20(35)36/h10,12,15,17,24H,4-9,11H2,1-3H3,(H4-,23,26,27,33,35,36,37,38,39)/p+1/t15-,17+/m1/s1. The van der Waals surface area contributed by atoms with Gasteiger partial charge in [0.05, 0.1) is 46.1 Å². The normalized spacial score (nSPS) is 20.2. The number of oxime groups is 1. The molecule has 1 aliphatic carbocycles. The fourth-order valence-electron chi connectivity index (χ4n) is 4.11. The van der Waals surface area contributed by atoms with Crippen LogP contribution in [0.3, 0.4) is 0 Å². The van der Waals surface area contributed by atoms with Gasteiger partial charge in [0.25, 0.3) is 11.8 Å². The highest BCUT2D eigenvalue weighted by Crippen LogP contribution is 2.40. The Bertz CT molecular complexity index is 1480. The lowest BCUT2D eigenvalue weighted by Gasteiger charge is -2.43. The Morgan fingerprint density at radius 3 is 2.62 bits per heavy atom. The number of hydrogen-bond acceptors (Lipinski definition) is 13. The zero-order valence-electron chi connectivity index (χ0n) is 23.1. The van der Waals surface area contributed by atoms with Gasteiger partial charge < -0.3 is 30.8 Å². The van der Waals surface area contributed by atoms with E-state index < -0.39 is 51.5 Å². The van der Waals surface area contributed by atoms with Crippen LogP contribution in [0.5, 0.6) is 0 Å². The van der Waals surface area contributed by atoms with E-state index in [0.717, 1.165) is 40.1 Å². The summed E-state index contributed by atoms with van der Waals surface area (Å²) in [7, 11) is 1.32. The van der Waals surface area contributed by atoms with Gasteiger partial charge in [-0.3, -0.25) is 14.1 Å². The average molecular weight is 630 g/mol. The third-order valence-electron chi connectivity index (χ3n) is 6.51. The molecule has 0 aromatic carbocycles. The molecule has 20 heteroatoms. The van der Waals surface area contributed by atoms with Gasteiger partial charge >= 0.3 is 16.3 Å². The van der Waals surface area contributed by atoms with Gasteiger partial charge in [-0.2, -0.15) is 23.4 Å². The van der Waals surface area contributed by atoms with Gasteiger partial charge in [-0.1, -0.05) is 5.16 Å². The maximum absolute atomic E-state index is 13.2.